The number of H-pyrrole nitrogens is 1. The van der Waals surface area contributed by atoms with Crippen LogP contribution in [0.1, 0.15) is 47.4 Å². The first kappa shape index (κ1) is 22.5. The summed E-state index contributed by atoms with van der Waals surface area (Å²) in [4.78, 5) is 20.2. The van der Waals surface area contributed by atoms with Crippen LogP contribution in [0.2, 0.25) is 5.02 Å². The number of halogens is 4. The van der Waals surface area contributed by atoms with Crippen molar-refractivity contribution < 1.29 is 18.0 Å². The smallest absolute Gasteiger partial charge is 0.385 e. The molecular formula is C23H24ClF3N4O. The predicted octanol–water partition coefficient (Wildman–Crippen LogP) is 5.94. The minimum absolute atomic E-state index is 0.0119. The maximum atomic E-state index is 13.0. The number of hydrogen-bond acceptors (Lipinski definition) is 3. The Hall–Kier alpha value is -2.74. The van der Waals surface area contributed by atoms with Crippen LogP contribution in [-0.4, -0.2) is 28.5 Å². The largest absolute Gasteiger partial charge is 0.416 e. The molecular weight excluding hydrogens is 441 g/mol. The molecule has 3 aromatic rings. The number of nitrogens with zero attached hydrogens (tertiary/aromatic N) is 1. The maximum Gasteiger partial charge on any atom is 0.416 e. The van der Waals surface area contributed by atoms with Gasteiger partial charge in [-0.3, -0.25) is 4.79 Å². The molecule has 1 amide bonds. The van der Waals surface area contributed by atoms with Gasteiger partial charge in [-0.05, 0) is 74.9 Å². The first-order valence-corrected chi connectivity index (χ1v) is 10.9. The van der Waals surface area contributed by atoms with Crippen LogP contribution >= 0.6 is 11.6 Å². The zero-order chi connectivity index (χ0) is 22.9. The van der Waals surface area contributed by atoms with Crippen molar-refractivity contribution in [2.24, 2.45) is 5.92 Å². The summed E-state index contributed by atoms with van der Waals surface area (Å²) in [5.41, 5.74) is 1.92. The lowest BCUT2D eigenvalue weighted by molar-refractivity contribution is -0.137. The second-order valence-corrected chi connectivity index (χ2v) is 8.73. The van der Waals surface area contributed by atoms with Crippen LogP contribution < -0.4 is 10.6 Å². The molecule has 0 radical (unpaired) electrons. The Bertz CT molecular complexity index is 1120. The summed E-state index contributed by atoms with van der Waals surface area (Å²) >= 11 is 5.98. The number of amides is 1. The highest BCUT2D eigenvalue weighted by Crippen LogP contribution is 2.32. The first-order valence-electron chi connectivity index (χ1n) is 10.6. The number of benzene rings is 2. The lowest BCUT2D eigenvalue weighted by Gasteiger charge is -2.29. The van der Waals surface area contributed by atoms with E-state index >= 15 is 0 Å². The van der Waals surface area contributed by atoms with Gasteiger partial charge < -0.3 is 15.6 Å². The van der Waals surface area contributed by atoms with Crippen molar-refractivity contribution in [3.05, 3.63) is 58.4 Å². The number of fused-ring (bicyclic) bond motifs is 1. The van der Waals surface area contributed by atoms with Crippen molar-refractivity contribution in [2.75, 3.05) is 11.9 Å². The van der Waals surface area contributed by atoms with E-state index < -0.39 is 17.6 Å². The number of carbonyl (C=O) groups excluding carboxylic acids is 1. The van der Waals surface area contributed by atoms with Crippen molar-refractivity contribution in [3.63, 3.8) is 0 Å². The van der Waals surface area contributed by atoms with Gasteiger partial charge in [0.15, 0.2) is 0 Å². The van der Waals surface area contributed by atoms with Crippen LogP contribution in [0.4, 0.5) is 18.9 Å². The molecule has 170 valence electrons. The molecule has 1 aromatic heterocycles. The van der Waals surface area contributed by atoms with Crippen molar-refractivity contribution in [1.82, 2.24) is 15.3 Å². The fourth-order valence-electron chi connectivity index (χ4n) is 4.16. The normalized spacial score (nSPS) is 19.2. The fourth-order valence-corrected chi connectivity index (χ4v) is 4.36. The van der Waals surface area contributed by atoms with Crippen LogP contribution in [0.3, 0.4) is 0 Å². The van der Waals surface area contributed by atoms with E-state index in [9.17, 15) is 18.0 Å². The number of nitrogens with one attached hydrogen (secondary N) is 3. The quantitative estimate of drug-likeness (QED) is 0.437. The third-order valence-corrected chi connectivity index (χ3v) is 6.25. The van der Waals surface area contributed by atoms with Crippen molar-refractivity contribution in [1.29, 1.82) is 0 Å². The SMILES string of the molecule is Cc1nc2ccc(NC[C@H]3CC[C@H](NC(=O)c4cc(C(F)(F)F)ccc4Cl)CC3)cc2[nH]1. The molecule has 0 bridgehead atoms. The number of imidazole rings is 1. The molecule has 1 aliphatic carbocycles. The fraction of sp³-hybridized carbons (Fsp3) is 0.391. The van der Waals surface area contributed by atoms with Gasteiger partial charge in [0.2, 0.25) is 0 Å². The Labute approximate surface area is 188 Å². The van der Waals surface area contributed by atoms with Gasteiger partial charge in [0.1, 0.15) is 5.82 Å². The standard InChI is InChI=1S/C23H24ClF3N4O/c1-13-29-20-9-7-17(11-21(20)30-13)28-12-14-2-5-16(6-3-14)31-22(32)18-10-15(23(25,26)27)4-8-19(18)24/h4,7-11,14,16,28H,2-3,5-6,12H2,1H3,(H,29,30)(H,31,32)/t14-,16-. The summed E-state index contributed by atoms with van der Waals surface area (Å²) in [6.07, 6.45) is -1.15. The van der Waals surface area contributed by atoms with Gasteiger partial charge in [-0.25, -0.2) is 4.98 Å². The highest BCUT2D eigenvalue weighted by molar-refractivity contribution is 6.33. The van der Waals surface area contributed by atoms with Crippen molar-refractivity contribution in [2.45, 2.75) is 44.8 Å². The molecule has 5 nitrogen and oxygen atoms in total. The number of alkyl halides is 3. The van der Waals surface area contributed by atoms with Crippen molar-refractivity contribution in [3.8, 4) is 0 Å². The van der Waals surface area contributed by atoms with Crippen LogP contribution in [0.15, 0.2) is 36.4 Å². The number of aromatic amines is 1. The Morgan fingerprint density at radius 1 is 1.16 bits per heavy atom. The Kier molecular flexibility index (Phi) is 6.33. The molecule has 1 aliphatic rings. The lowest BCUT2D eigenvalue weighted by atomic mass is 9.86. The van der Waals surface area contributed by atoms with Gasteiger partial charge in [0, 0.05) is 18.3 Å². The molecule has 1 heterocycles. The van der Waals surface area contributed by atoms with E-state index in [-0.39, 0.29) is 16.6 Å². The van der Waals surface area contributed by atoms with Gasteiger partial charge in [-0.1, -0.05) is 11.6 Å². The molecule has 1 saturated carbocycles. The monoisotopic (exact) mass is 464 g/mol. The minimum Gasteiger partial charge on any atom is -0.385 e. The van der Waals surface area contributed by atoms with Crippen molar-refractivity contribution >= 4 is 34.2 Å². The predicted molar refractivity (Wildman–Crippen MR) is 119 cm³/mol. The molecule has 0 atom stereocenters. The van der Waals surface area contributed by atoms with E-state index in [0.29, 0.717) is 5.92 Å². The zero-order valence-corrected chi connectivity index (χ0v) is 18.3. The summed E-state index contributed by atoms with van der Waals surface area (Å²) in [5.74, 6) is 0.772. The minimum atomic E-state index is -4.52. The number of hydrogen-bond donors (Lipinski definition) is 3. The van der Waals surface area contributed by atoms with Crippen LogP contribution in [-0.2, 0) is 6.18 Å². The van der Waals surface area contributed by atoms with E-state index in [1.807, 2.05) is 25.1 Å². The van der Waals surface area contributed by atoms with Crippen LogP contribution in [0.5, 0.6) is 0 Å². The molecule has 2 aromatic carbocycles. The number of carbonyl (C=O) groups is 1. The third-order valence-electron chi connectivity index (χ3n) is 5.92. The summed E-state index contributed by atoms with van der Waals surface area (Å²) in [6.45, 7) is 2.74. The summed E-state index contributed by atoms with van der Waals surface area (Å²) in [5, 5.41) is 6.33. The van der Waals surface area contributed by atoms with Gasteiger partial charge in [0.25, 0.3) is 5.91 Å². The molecule has 32 heavy (non-hydrogen) atoms. The van der Waals surface area contributed by atoms with Gasteiger partial charge in [0.05, 0.1) is 27.2 Å². The Morgan fingerprint density at radius 3 is 2.62 bits per heavy atom. The molecule has 0 aliphatic heterocycles. The highest BCUT2D eigenvalue weighted by Gasteiger charge is 2.32. The Balaban J connectivity index is 1.28. The van der Waals surface area contributed by atoms with E-state index in [1.54, 1.807) is 0 Å². The number of rotatable bonds is 5. The van der Waals surface area contributed by atoms with Crippen LogP contribution in [0.25, 0.3) is 11.0 Å². The lowest BCUT2D eigenvalue weighted by Crippen LogP contribution is -2.38. The average Bonchev–Trinajstić information content (AvgIpc) is 3.12. The second-order valence-electron chi connectivity index (χ2n) is 8.32. The summed E-state index contributed by atoms with van der Waals surface area (Å²) in [6, 6.07) is 8.76. The van der Waals surface area contributed by atoms with Gasteiger partial charge in [-0.2, -0.15) is 13.2 Å². The molecule has 0 unspecified atom stereocenters. The van der Waals surface area contributed by atoms with Gasteiger partial charge in [-0.15, -0.1) is 0 Å². The average molecular weight is 465 g/mol. The number of anilines is 1. The maximum absolute atomic E-state index is 13.0. The van der Waals surface area contributed by atoms with Crippen LogP contribution in [0, 0.1) is 12.8 Å². The van der Waals surface area contributed by atoms with Gasteiger partial charge >= 0.3 is 6.18 Å². The topological polar surface area (TPSA) is 69.8 Å². The first-order chi connectivity index (χ1) is 15.2. The number of aryl methyl sites for hydroxylation is 1. The molecule has 9 heteroatoms. The highest BCUT2D eigenvalue weighted by atomic mass is 35.5. The molecule has 0 saturated heterocycles. The van der Waals surface area contributed by atoms with E-state index in [1.165, 1.54) is 0 Å². The molecule has 1 fully saturated rings. The van der Waals surface area contributed by atoms with E-state index in [4.69, 9.17) is 11.6 Å². The number of aromatic nitrogens is 2. The molecule has 0 spiro atoms. The Morgan fingerprint density at radius 2 is 1.91 bits per heavy atom. The summed E-state index contributed by atoms with van der Waals surface area (Å²) in [7, 11) is 0. The summed E-state index contributed by atoms with van der Waals surface area (Å²) < 4.78 is 38.9. The molecule has 4 rings (SSSR count). The van der Waals surface area contributed by atoms with E-state index in [2.05, 4.69) is 20.6 Å². The zero-order valence-electron chi connectivity index (χ0n) is 17.5. The molecule has 3 N–H and O–H groups in total. The second kappa shape index (κ2) is 9.02. The third kappa shape index (κ3) is 5.18. The van der Waals surface area contributed by atoms with E-state index in [0.717, 1.165) is 73.0 Å².